The number of hydrogen-bond donors (Lipinski definition) is 1. The van der Waals surface area contributed by atoms with Crippen molar-refractivity contribution in [2.24, 2.45) is 5.92 Å². The van der Waals surface area contributed by atoms with Gasteiger partial charge in [0.2, 0.25) is 0 Å². The number of aliphatic carboxylic acids is 1. The van der Waals surface area contributed by atoms with Gasteiger partial charge in [-0.1, -0.05) is 12.1 Å². The van der Waals surface area contributed by atoms with Gasteiger partial charge in [-0.25, -0.2) is 0 Å². The van der Waals surface area contributed by atoms with Crippen molar-refractivity contribution in [3.8, 4) is 5.75 Å². The van der Waals surface area contributed by atoms with Gasteiger partial charge in [-0.2, -0.15) is 0 Å². The number of carboxylic acid groups (broad SMARTS) is 1. The van der Waals surface area contributed by atoms with Gasteiger partial charge in [-0.05, 0) is 12.5 Å². The van der Waals surface area contributed by atoms with Crippen molar-refractivity contribution in [3.63, 3.8) is 0 Å². The molecule has 84 valence electrons. The van der Waals surface area contributed by atoms with Crippen LogP contribution in [0.5, 0.6) is 5.75 Å². The molecule has 0 bridgehead atoms. The summed E-state index contributed by atoms with van der Waals surface area (Å²) in [6.07, 6.45) is 0.440. The van der Waals surface area contributed by atoms with Crippen molar-refractivity contribution in [3.05, 3.63) is 29.3 Å². The topological polar surface area (TPSA) is 63.6 Å². The molecule has 0 spiro atoms. The van der Waals surface area contributed by atoms with Gasteiger partial charge in [0, 0.05) is 17.5 Å². The molecule has 0 saturated carbocycles. The van der Waals surface area contributed by atoms with Crippen molar-refractivity contribution >= 4 is 11.8 Å². The number of methoxy groups -OCH3 is 1. The molecule has 4 nitrogen and oxygen atoms in total. The number of ketones is 1. The molecular formula is C12H12O4. The average Bonchev–Trinajstić information content (AvgIpc) is 2.28. The Morgan fingerprint density at radius 1 is 1.44 bits per heavy atom. The van der Waals surface area contributed by atoms with E-state index in [1.165, 1.54) is 7.11 Å². The van der Waals surface area contributed by atoms with Crippen molar-refractivity contribution in [2.75, 3.05) is 7.11 Å². The van der Waals surface area contributed by atoms with E-state index in [0.29, 0.717) is 23.3 Å². The highest BCUT2D eigenvalue weighted by molar-refractivity contribution is 6.01. The third kappa shape index (κ3) is 1.66. The highest BCUT2D eigenvalue weighted by atomic mass is 16.5. The third-order valence-electron chi connectivity index (χ3n) is 2.88. The highest BCUT2D eigenvalue weighted by Gasteiger charge is 2.31. The van der Waals surface area contributed by atoms with E-state index < -0.39 is 11.9 Å². The number of benzene rings is 1. The summed E-state index contributed by atoms with van der Waals surface area (Å²) in [5, 5.41) is 8.95. The first-order chi connectivity index (χ1) is 7.63. The maximum atomic E-state index is 11.7. The van der Waals surface area contributed by atoms with Crippen molar-refractivity contribution in [1.29, 1.82) is 0 Å². The second-order valence-electron chi connectivity index (χ2n) is 3.85. The molecule has 16 heavy (non-hydrogen) atoms. The molecule has 1 aromatic carbocycles. The normalized spacial score (nSPS) is 19.1. The molecule has 0 aliphatic heterocycles. The zero-order valence-electron chi connectivity index (χ0n) is 8.90. The summed E-state index contributed by atoms with van der Waals surface area (Å²) >= 11 is 0. The van der Waals surface area contributed by atoms with Crippen LogP contribution in [0.25, 0.3) is 0 Å². The molecule has 0 fully saturated rings. The number of rotatable bonds is 2. The van der Waals surface area contributed by atoms with Crippen molar-refractivity contribution < 1.29 is 19.4 Å². The molecule has 0 unspecified atom stereocenters. The number of carbonyl (C=O) groups is 2. The van der Waals surface area contributed by atoms with E-state index in [0.717, 1.165) is 0 Å². The molecule has 1 aromatic rings. The van der Waals surface area contributed by atoms with Crippen LogP contribution < -0.4 is 4.74 Å². The number of carboxylic acids is 1. The Bertz CT molecular complexity index is 450. The zero-order valence-corrected chi connectivity index (χ0v) is 8.90. The predicted molar refractivity (Wildman–Crippen MR) is 56.8 cm³/mol. The number of carbonyl (C=O) groups excluding carboxylic acids is 1. The van der Waals surface area contributed by atoms with Crippen LogP contribution >= 0.6 is 0 Å². The minimum Gasteiger partial charge on any atom is -0.496 e. The third-order valence-corrected chi connectivity index (χ3v) is 2.88. The molecule has 0 amide bonds. The Morgan fingerprint density at radius 2 is 2.19 bits per heavy atom. The molecule has 0 aromatic heterocycles. The summed E-state index contributed by atoms with van der Waals surface area (Å²) in [6, 6.07) is 5.21. The van der Waals surface area contributed by atoms with E-state index in [1.54, 1.807) is 18.2 Å². The molecule has 1 aliphatic rings. The molecule has 0 radical (unpaired) electrons. The van der Waals surface area contributed by atoms with Gasteiger partial charge in [0.25, 0.3) is 0 Å². The Balaban J connectivity index is 2.46. The SMILES string of the molecule is COc1cccc2c1C[C@H](C(=O)O)CC2=O. The summed E-state index contributed by atoms with van der Waals surface area (Å²) in [6.45, 7) is 0. The van der Waals surface area contributed by atoms with Gasteiger partial charge >= 0.3 is 5.97 Å². The fraction of sp³-hybridized carbons (Fsp3) is 0.333. The smallest absolute Gasteiger partial charge is 0.307 e. The van der Waals surface area contributed by atoms with E-state index in [4.69, 9.17) is 9.84 Å². The standard InChI is InChI=1S/C12H12O4/c1-16-11-4-2-3-8-9(11)5-7(12(14)15)6-10(8)13/h2-4,7H,5-6H2,1H3,(H,14,15)/t7-/m0/s1. The summed E-state index contributed by atoms with van der Waals surface area (Å²) < 4.78 is 5.14. The lowest BCUT2D eigenvalue weighted by Crippen LogP contribution is -2.26. The summed E-state index contributed by atoms with van der Waals surface area (Å²) in [4.78, 5) is 22.7. The van der Waals surface area contributed by atoms with Crippen LogP contribution in [0.15, 0.2) is 18.2 Å². The fourth-order valence-corrected chi connectivity index (χ4v) is 2.06. The number of ether oxygens (including phenoxy) is 1. The van der Waals surface area contributed by atoms with Crippen LogP contribution in [0.4, 0.5) is 0 Å². The predicted octanol–water partition coefficient (Wildman–Crippen LogP) is 1.52. The first-order valence-electron chi connectivity index (χ1n) is 5.05. The van der Waals surface area contributed by atoms with E-state index in [1.807, 2.05) is 0 Å². The minimum atomic E-state index is -0.926. The summed E-state index contributed by atoms with van der Waals surface area (Å²) in [5.74, 6) is -1.08. The van der Waals surface area contributed by atoms with Gasteiger partial charge in [0.05, 0.1) is 13.0 Å². The van der Waals surface area contributed by atoms with E-state index >= 15 is 0 Å². The lowest BCUT2D eigenvalue weighted by atomic mass is 9.82. The quantitative estimate of drug-likeness (QED) is 0.820. The molecule has 1 N–H and O–H groups in total. The lowest BCUT2D eigenvalue weighted by Gasteiger charge is -2.22. The van der Waals surface area contributed by atoms with Crippen LogP contribution in [-0.2, 0) is 11.2 Å². The van der Waals surface area contributed by atoms with Crippen LogP contribution in [0.3, 0.4) is 0 Å². The maximum Gasteiger partial charge on any atom is 0.307 e. The zero-order chi connectivity index (χ0) is 11.7. The minimum absolute atomic E-state index is 0.0789. The molecular weight excluding hydrogens is 208 g/mol. The van der Waals surface area contributed by atoms with Crippen molar-refractivity contribution in [2.45, 2.75) is 12.8 Å². The van der Waals surface area contributed by atoms with Gasteiger partial charge < -0.3 is 9.84 Å². The monoisotopic (exact) mass is 220 g/mol. The van der Waals surface area contributed by atoms with E-state index in [-0.39, 0.29) is 12.2 Å². The van der Waals surface area contributed by atoms with Crippen LogP contribution in [0.1, 0.15) is 22.3 Å². The summed E-state index contributed by atoms with van der Waals surface area (Å²) in [7, 11) is 1.52. The summed E-state index contributed by atoms with van der Waals surface area (Å²) in [5.41, 5.74) is 1.31. The first kappa shape index (κ1) is 10.7. The average molecular weight is 220 g/mol. The number of fused-ring (bicyclic) bond motifs is 1. The molecule has 4 heteroatoms. The Hall–Kier alpha value is -1.84. The fourth-order valence-electron chi connectivity index (χ4n) is 2.06. The molecule has 0 heterocycles. The van der Waals surface area contributed by atoms with Crippen LogP contribution in [0.2, 0.25) is 0 Å². The van der Waals surface area contributed by atoms with E-state index in [9.17, 15) is 9.59 Å². The second-order valence-corrected chi connectivity index (χ2v) is 3.85. The lowest BCUT2D eigenvalue weighted by molar-refractivity contribution is -0.141. The molecule has 1 aliphatic carbocycles. The molecule has 1 atom stereocenters. The Labute approximate surface area is 92.8 Å². The second kappa shape index (κ2) is 3.96. The van der Waals surface area contributed by atoms with Gasteiger partial charge in [0.1, 0.15) is 5.75 Å². The highest BCUT2D eigenvalue weighted by Crippen LogP contribution is 2.32. The Morgan fingerprint density at radius 3 is 2.81 bits per heavy atom. The van der Waals surface area contributed by atoms with Gasteiger partial charge in [-0.15, -0.1) is 0 Å². The number of Topliss-reactive ketones (excluding diaryl/α,β-unsaturated/α-hetero) is 1. The Kier molecular flexibility index (Phi) is 2.64. The van der Waals surface area contributed by atoms with Gasteiger partial charge in [0.15, 0.2) is 5.78 Å². The maximum absolute atomic E-state index is 11.7. The van der Waals surface area contributed by atoms with Crippen LogP contribution in [0, 0.1) is 5.92 Å². The largest absolute Gasteiger partial charge is 0.496 e. The first-order valence-corrected chi connectivity index (χ1v) is 5.05. The molecule has 2 rings (SSSR count). The molecule has 0 saturated heterocycles. The van der Waals surface area contributed by atoms with Gasteiger partial charge in [-0.3, -0.25) is 9.59 Å². The number of hydrogen-bond acceptors (Lipinski definition) is 3. The van der Waals surface area contributed by atoms with Crippen LogP contribution in [-0.4, -0.2) is 24.0 Å². The van der Waals surface area contributed by atoms with E-state index in [2.05, 4.69) is 0 Å². The van der Waals surface area contributed by atoms with Crippen molar-refractivity contribution in [1.82, 2.24) is 0 Å².